The second-order valence-corrected chi connectivity index (χ2v) is 7.91. The van der Waals surface area contributed by atoms with E-state index in [-0.39, 0.29) is 12.1 Å². The molecule has 3 heterocycles. The average molecular weight is 360 g/mol. The van der Waals surface area contributed by atoms with Crippen LogP contribution in [0.1, 0.15) is 45.2 Å². The SMILES string of the molecule is CC(C)(C)OC(=O)N1CCN(c2ccc(C3CCCN3C=O)cn2)CC1. The summed E-state index contributed by atoms with van der Waals surface area (Å²) < 4.78 is 5.43. The number of hydrogen-bond acceptors (Lipinski definition) is 5. The fraction of sp³-hybridized carbons (Fsp3) is 0.632. The van der Waals surface area contributed by atoms with Gasteiger partial charge in [0.25, 0.3) is 0 Å². The second-order valence-electron chi connectivity index (χ2n) is 7.91. The monoisotopic (exact) mass is 360 g/mol. The summed E-state index contributed by atoms with van der Waals surface area (Å²) in [7, 11) is 0. The van der Waals surface area contributed by atoms with Crippen molar-refractivity contribution in [2.75, 3.05) is 37.6 Å². The lowest BCUT2D eigenvalue weighted by Gasteiger charge is -2.36. The number of pyridine rings is 1. The quantitative estimate of drug-likeness (QED) is 0.775. The van der Waals surface area contributed by atoms with E-state index in [9.17, 15) is 9.59 Å². The molecule has 0 aromatic carbocycles. The third-order valence-electron chi connectivity index (χ3n) is 4.84. The molecule has 142 valence electrons. The van der Waals surface area contributed by atoms with E-state index in [1.807, 2.05) is 37.9 Å². The van der Waals surface area contributed by atoms with Gasteiger partial charge in [-0.2, -0.15) is 0 Å². The molecule has 2 fully saturated rings. The third kappa shape index (κ3) is 4.26. The van der Waals surface area contributed by atoms with Crippen LogP contribution in [0, 0.1) is 0 Å². The Labute approximate surface area is 154 Å². The van der Waals surface area contributed by atoms with Gasteiger partial charge in [-0.25, -0.2) is 9.78 Å². The normalized spacial score (nSPS) is 21.0. The third-order valence-corrected chi connectivity index (χ3v) is 4.84. The van der Waals surface area contributed by atoms with Crippen molar-refractivity contribution in [1.82, 2.24) is 14.8 Å². The summed E-state index contributed by atoms with van der Waals surface area (Å²) in [5.74, 6) is 0.910. The molecule has 0 radical (unpaired) electrons. The molecule has 7 heteroatoms. The molecular weight excluding hydrogens is 332 g/mol. The number of nitrogens with zero attached hydrogens (tertiary/aromatic N) is 4. The maximum absolute atomic E-state index is 12.1. The van der Waals surface area contributed by atoms with Crippen LogP contribution in [0.3, 0.4) is 0 Å². The number of ether oxygens (including phenoxy) is 1. The van der Waals surface area contributed by atoms with Crippen molar-refractivity contribution in [3.05, 3.63) is 23.9 Å². The summed E-state index contributed by atoms with van der Waals surface area (Å²) >= 11 is 0. The van der Waals surface area contributed by atoms with Crippen molar-refractivity contribution < 1.29 is 14.3 Å². The number of carbonyl (C=O) groups excluding carboxylic acids is 2. The molecule has 0 bridgehead atoms. The van der Waals surface area contributed by atoms with Gasteiger partial charge in [0, 0.05) is 38.9 Å². The highest BCUT2D eigenvalue weighted by Gasteiger charge is 2.27. The number of anilines is 1. The summed E-state index contributed by atoms with van der Waals surface area (Å²) in [6.45, 7) is 9.17. The van der Waals surface area contributed by atoms with Crippen LogP contribution < -0.4 is 4.90 Å². The van der Waals surface area contributed by atoms with E-state index in [1.165, 1.54) is 0 Å². The fourth-order valence-corrected chi connectivity index (χ4v) is 3.50. The summed E-state index contributed by atoms with van der Waals surface area (Å²) in [5, 5.41) is 0. The lowest BCUT2D eigenvalue weighted by atomic mass is 10.1. The smallest absolute Gasteiger partial charge is 0.410 e. The Morgan fingerprint density at radius 2 is 1.92 bits per heavy atom. The van der Waals surface area contributed by atoms with E-state index in [0.717, 1.165) is 50.3 Å². The molecule has 1 atom stereocenters. The van der Waals surface area contributed by atoms with E-state index < -0.39 is 5.60 Å². The van der Waals surface area contributed by atoms with Crippen LogP contribution in [0.4, 0.5) is 10.6 Å². The minimum atomic E-state index is -0.471. The molecular formula is C19H28N4O3. The molecule has 1 unspecified atom stereocenters. The highest BCUT2D eigenvalue weighted by Crippen LogP contribution is 2.30. The van der Waals surface area contributed by atoms with Gasteiger partial charge in [-0.15, -0.1) is 0 Å². The molecule has 1 aromatic rings. The molecule has 0 spiro atoms. The van der Waals surface area contributed by atoms with Crippen molar-refractivity contribution in [3.63, 3.8) is 0 Å². The van der Waals surface area contributed by atoms with Crippen LogP contribution >= 0.6 is 0 Å². The minimum Gasteiger partial charge on any atom is -0.444 e. The molecule has 0 aliphatic carbocycles. The summed E-state index contributed by atoms with van der Waals surface area (Å²) in [6, 6.07) is 4.23. The Balaban J connectivity index is 1.56. The highest BCUT2D eigenvalue weighted by atomic mass is 16.6. The molecule has 2 amide bonds. The highest BCUT2D eigenvalue weighted by molar-refractivity contribution is 5.68. The first-order valence-corrected chi connectivity index (χ1v) is 9.27. The fourth-order valence-electron chi connectivity index (χ4n) is 3.50. The van der Waals surface area contributed by atoms with Gasteiger partial charge in [-0.3, -0.25) is 4.79 Å². The lowest BCUT2D eigenvalue weighted by Crippen LogP contribution is -2.50. The number of likely N-dealkylation sites (tertiary alicyclic amines) is 1. The molecule has 0 N–H and O–H groups in total. The molecule has 0 saturated carbocycles. The molecule has 3 rings (SSSR count). The van der Waals surface area contributed by atoms with Crippen LogP contribution in [0.5, 0.6) is 0 Å². The molecule has 2 aliphatic heterocycles. The van der Waals surface area contributed by atoms with Crippen LogP contribution in [0.15, 0.2) is 18.3 Å². The van der Waals surface area contributed by atoms with Crippen molar-refractivity contribution in [2.45, 2.75) is 45.3 Å². The number of piperazine rings is 1. The number of hydrogen-bond donors (Lipinski definition) is 0. The number of rotatable bonds is 3. The Hall–Kier alpha value is -2.31. The predicted octanol–water partition coefficient (Wildman–Crippen LogP) is 2.43. The minimum absolute atomic E-state index is 0.151. The first-order chi connectivity index (χ1) is 12.4. The average Bonchev–Trinajstić information content (AvgIpc) is 3.09. The Kier molecular flexibility index (Phi) is 5.34. The number of amides is 2. The van der Waals surface area contributed by atoms with Gasteiger partial charge < -0.3 is 19.4 Å². The van der Waals surface area contributed by atoms with Crippen LogP contribution in [-0.2, 0) is 9.53 Å². The Morgan fingerprint density at radius 1 is 1.19 bits per heavy atom. The number of aromatic nitrogens is 1. The van der Waals surface area contributed by atoms with Gasteiger partial charge in [0.1, 0.15) is 11.4 Å². The zero-order valence-corrected chi connectivity index (χ0v) is 15.9. The Morgan fingerprint density at radius 3 is 2.50 bits per heavy atom. The zero-order valence-electron chi connectivity index (χ0n) is 15.9. The van der Waals surface area contributed by atoms with E-state index in [1.54, 1.807) is 4.90 Å². The first kappa shape index (κ1) is 18.5. The van der Waals surface area contributed by atoms with Crippen molar-refractivity contribution >= 4 is 18.3 Å². The summed E-state index contributed by atoms with van der Waals surface area (Å²) in [6.07, 6.45) is 4.59. The summed E-state index contributed by atoms with van der Waals surface area (Å²) in [4.78, 5) is 33.6. The maximum atomic E-state index is 12.1. The topological polar surface area (TPSA) is 66.0 Å². The molecule has 2 saturated heterocycles. The standard InChI is InChI=1S/C19H28N4O3/c1-19(2,3)26-18(25)22-11-9-21(10-12-22)17-7-6-15(13-20-17)16-5-4-8-23(16)14-24/h6-7,13-14,16H,4-5,8-12H2,1-3H3. The van der Waals surface area contributed by atoms with Crippen molar-refractivity contribution in [2.24, 2.45) is 0 Å². The molecule has 1 aromatic heterocycles. The number of carbonyl (C=O) groups is 2. The predicted molar refractivity (Wildman–Crippen MR) is 99.0 cm³/mol. The first-order valence-electron chi connectivity index (χ1n) is 9.27. The van der Waals surface area contributed by atoms with Crippen molar-refractivity contribution in [3.8, 4) is 0 Å². The molecule has 2 aliphatic rings. The van der Waals surface area contributed by atoms with E-state index >= 15 is 0 Å². The Bertz CT molecular complexity index is 633. The van der Waals surface area contributed by atoms with Crippen LogP contribution in [-0.4, -0.2) is 65.6 Å². The van der Waals surface area contributed by atoms with Gasteiger partial charge in [0.15, 0.2) is 0 Å². The van der Waals surface area contributed by atoms with Gasteiger partial charge in [-0.1, -0.05) is 6.07 Å². The van der Waals surface area contributed by atoms with Gasteiger partial charge in [-0.05, 0) is 45.2 Å². The summed E-state index contributed by atoms with van der Waals surface area (Å²) in [5.41, 5.74) is 0.618. The zero-order chi connectivity index (χ0) is 18.7. The lowest BCUT2D eigenvalue weighted by molar-refractivity contribution is -0.118. The van der Waals surface area contributed by atoms with Crippen molar-refractivity contribution in [1.29, 1.82) is 0 Å². The molecule has 7 nitrogen and oxygen atoms in total. The van der Waals surface area contributed by atoms with E-state index in [4.69, 9.17) is 4.74 Å². The van der Waals surface area contributed by atoms with Crippen LogP contribution in [0.2, 0.25) is 0 Å². The van der Waals surface area contributed by atoms with Gasteiger partial charge in [0.05, 0.1) is 6.04 Å². The maximum Gasteiger partial charge on any atom is 0.410 e. The van der Waals surface area contributed by atoms with E-state index in [2.05, 4.69) is 16.0 Å². The second kappa shape index (κ2) is 7.51. The largest absolute Gasteiger partial charge is 0.444 e. The van der Waals surface area contributed by atoms with Gasteiger partial charge in [0.2, 0.25) is 6.41 Å². The van der Waals surface area contributed by atoms with Crippen LogP contribution in [0.25, 0.3) is 0 Å². The van der Waals surface area contributed by atoms with E-state index in [0.29, 0.717) is 13.1 Å². The van der Waals surface area contributed by atoms with Gasteiger partial charge >= 0.3 is 6.09 Å². The molecule has 26 heavy (non-hydrogen) atoms.